The molecule has 5 atom stereocenters. The highest BCUT2D eigenvalue weighted by Gasteiger charge is 2.49. The van der Waals surface area contributed by atoms with Crippen LogP contribution in [0, 0.1) is 5.92 Å². The Morgan fingerprint density at radius 1 is 1.18 bits per heavy atom. The predicted octanol–water partition coefficient (Wildman–Crippen LogP) is 3.82. The minimum atomic E-state index is -0.610. The third-order valence-electron chi connectivity index (χ3n) is 6.37. The summed E-state index contributed by atoms with van der Waals surface area (Å²) in [6.45, 7) is 9.29. The van der Waals surface area contributed by atoms with Gasteiger partial charge in [-0.05, 0) is 51.4 Å². The van der Waals surface area contributed by atoms with Crippen LogP contribution < -0.4 is 10.1 Å². The number of amides is 1. The Morgan fingerprint density at radius 3 is 2.53 bits per heavy atom. The van der Waals surface area contributed by atoms with E-state index in [0.717, 1.165) is 11.3 Å². The first-order valence-electron chi connectivity index (χ1n) is 12.9. The van der Waals surface area contributed by atoms with E-state index in [1.165, 1.54) is 23.8 Å². The van der Waals surface area contributed by atoms with Crippen LogP contribution in [-0.4, -0.2) is 85.8 Å². The molecule has 1 N–H and O–H groups in total. The van der Waals surface area contributed by atoms with Crippen LogP contribution in [0.2, 0.25) is 0 Å². The highest BCUT2D eigenvalue weighted by Crippen LogP contribution is 2.41. The normalized spacial score (nSPS) is 24.8. The molecule has 38 heavy (non-hydrogen) atoms. The Kier molecular flexibility index (Phi) is 10.8. The largest absolute Gasteiger partial charge is 0.497 e. The third-order valence-corrected chi connectivity index (χ3v) is 7.59. The van der Waals surface area contributed by atoms with Gasteiger partial charge in [0.1, 0.15) is 22.8 Å². The topological polar surface area (TPSA) is 108 Å². The molecule has 212 valence electrons. The summed E-state index contributed by atoms with van der Waals surface area (Å²) >= 11 is 1.41. The van der Waals surface area contributed by atoms with E-state index in [0.29, 0.717) is 37.7 Å². The molecular formula is C27H41N3O7S. The Balaban J connectivity index is 1.70. The zero-order valence-electron chi connectivity index (χ0n) is 23.4. The van der Waals surface area contributed by atoms with Crippen molar-refractivity contribution < 1.29 is 33.3 Å². The van der Waals surface area contributed by atoms with Gasteiger partial charge in [-0.1, -0.05) is 30.8 Å². The summed E-state index contributed by atoms with van der Waals surface area (Å²) in [5.41, 5.74) is 0.120. The van der Waals surface area contributed by atoms with Crippen LogP contribution >= 0.6 is 11.8 Å². The van der Waals surface area contributed by atoms with Gasteiger partial charge in [-0.15, -0.1) is 0 Å². The van der Waals surface area contributed by atoms with Crippen LogP contribution in [-0.2, 0) is 30.3 Å². The molecule has 0 spiro atoms. The standard InChI is InChI=1S/C27H41N3O7S/c1-17-20(15-28-14-8-9-21(31)34-7)36-24-22(23(17)35-16-18-10-12-19(33-6)13-11-18)29-25(38-24)30(5)26(32)37-27(2,3)4/h10-13,17,20,22-24,28H,8-9,14-16H2,1-7H3/t17-,20-,22-,23+,24-/m1/s1. The molecule has 1 aromatic rings. The van der Waals surface area contributed by atoms with E-state index < -0.39 is 11.7 Å². The van der Waals surface area contributed by atoms with E-state index >= 15 is 0 Å². The number of aliphatic imine (C=N–C) groups is 1. The van der Waals surface area contributed by atoms with Crippen molar-refractivity contribution in [1.29, 1.82) is 0 Å². The average molecular weight is 552 g/mol. The van der Waals surface area contributed by atoms with Crippen molar-refractivity contribution in [1.82, 2.24) is 10.2 Å². The van der Waals surface area contributed by atoms with E-state index in [-0.39, 0.29) is 35.6 Å². The van der Waals surface area contributed by atoms with Crippen molar-refractivity contribution >= 4 is 29.0 Å². The van der Waals surface area contributed by atoms with E-state index in [9.17, 15) is 9.59 Å². The second-order valence-electron chi connectivity index (χ2n) is 10.5. The first-order valence-corrected chi connectivity index (χ1v) is 13.8. The van der Waals surface area contributed by atoms with Gasteiger partial charge in [0.15, 0.2) is 5.17 Å². The number of thioether (sulfide) groups is 1. The number of nitrogens with one attached hydrogen (secondary N) is 1. The maximum atomic E-state index is 12.7. The van der Waals surface area contributed by atoms with E-state index in [2.05, 4.69) is 12.2 Å². The van der Waals surface area contributed by atoms with E-state index in [1.807, 2.05) is 45.0 Å². The van der Waals surface area contributed by atoms with Gasteiger partial charge in [0.25, 0.3) is 0 Å². The van der Waals surface area contributed by atoms with Crippen LogP contribution in [0.1, 0.15) is 46.1 Å². The summed E-state index contributed by atoms with van der Waals surface area (Å²) < 4.78 is 28.4. The number of esters is 1. The van der Waals surface area contributed by atoms with Crippen LogP contribution in [0.15, 0.2) is 29.3 Å². The average Bonchev–Trinajstić information content (AvgIpc) is 3.30. The molecule has 11 heteroatoms. The lowest BCUT2D eigenvalue weighted by Crippen LogP contribution is -2.54. The molecule has 1 aromatic carbocycles. The summed E-state index contributed by atoms with van der Waals surface area (Å²) in [6.07, 6.45) is 0.223. The number of rotatable bonds is 10. The van der Waals surface area contributed by atoms with Crippen molar-refractivity contribution in [3.05, 3.63) is 29.8 Å². The summed E-state index contributed by atoms with van der Waals surface area (Å²) in [6, 6.07) is 7.51. The predicted molar refractivity (Wildman–Crippen MR) is 146 cm³/mol. The number of methoxy groups -OCH3 is 2. The van der Waals surface area contributed by atoms with E-state index in [4.69, 9.17) is 28.7 Å². The molecule has 0 unspecified atom stereocenters. The molecule has 0 aliphatic carbocycles. The number of nitrogens with zero attached hydrogens (tertiary/aromatic N) is 2. The summed E-state index contributed by atoms with van der Waals surface area (Å²) in [5, 5.41) is 3.94. The lowest BCUT2D eigenvalue weighted by molar-refractivity contribution is -0.140. The number of fused-ring (bicyclic) bond motifs is 1. The molecule has 0 saturated carbocycles. The van der Waals surface area contributed by atoms with Gasteiger partial charge in [-0.2, -0.15) is 0 Å². The van der Waals surface area contributed by atoms with Crippen molar-refractivity contribution in [3.8, 4) is 5.75 Å². The molecule has 2 aliphatic rings. The number of benzene rings is 1. The van der Waals surface area contributed by atoms with Gasteiger partial charge in [-0.3, -0.25) is 14.7 Å². The molecule has 3 rings (SSSR count). The van der Waals surface area contributed by atoms with Gasteiger partial charge in [-0.25, -0.2) is 4.79 Å². The van der Waals surface area contributed by atoms with Crippen molar-refractivity contribution in [3.63, 3.8) is 0 Å². The van der Waals surface area contributed by atoms with Crippen LogP contribution in [0.3, 0.4) is 0 Å². The van der Waals surface area contributed by atoms with Gasteiger partial charge >= 0.3 is 12.1 Å². The lowest BCUT2D eigenvalue weighted by Gasteiger charge is -2.41. The molecule has 0 aromatic heterocycles. The second kappa shape index (κ2) is 13.6. The third kappa shape index (κ3) is 8.33. The first kappa shape index (κ1) is 30.2. The number of carbonyl (C=O) groups excluding carboxylic acids is 2. The fourth-order valence-electron chi connectivity index (χ4n) is 4.22. The number of ether oxygens (including phenoxy) is 5. The Bertz CT molecular complexity index is 966. The highest BCUT2D eigenvalue weighted by molar-refractivity contribution is 8.14. The zero-order valence-corrected chi connectivity index (χ0v) is 24.2. The van der Waals surface area contributed by atoms with Crippen LogP contribution in [0.25, 0.3) is 0 Å². The molecule has 0 radical (unpaired) electrons. The molecule has 1 fully saturated rings. The Labute approximate surface area is 229 Å². The number of carbonyl (C=O) groups is 2. The van der Waals surface area contributed by atoms with Crippen molar-refractivity contribution in [2.75, 3.05) is 34.4 Å². The lowest BCUT2D eigenvalue weighted by atomic mass is 9.89. The second-order valence-corrected chi connectivity index (χ2v) is 11.5. The molecule has 2 heterocycles. The Morgan fingerprint density at radius 2 is 1.89 bits per heavy atom. The molecule has 2 aliphatic heterocycles. The quantitative estimate of drug-likeness (QED) is 0.343. The summed E-state index contributed by atoms with van der Waals surface area (Å²) in [4.78, 5) is 30.4. The fourth-order valence-corrected chi connectivity index (χ4v) is 5.40. The maximum Gasteiger partial charge on any atom is 0.416 e. The number of hydrogen-bond donors (Lipinski definition) is 1. The molecule has 10 nitrogen and oxygen atoms in total. The zero-order chi connectivity index (χ0) is 27.9. The van der Waals surface area contributed by atoms with Crippen molar-refractivity contribution in [2.24, 2.45) is 10.9 Å². The molecule has 0 bridgehead atoms. The highest BCUT2D eigenvalue weighted by atomic mass is 32.2. The fraction of sp³-hybridized carbons (Fsp3) is 0.667. The minimum Gasteiger partial charge on any atom is -0.497 e. The van der Waals surface area contributed by atoms with Crippen LogP contribution in [0.5, 0.6) is 5.75 Å². The van der Waals surface area contributed by atoms with Gasteiger partial charge in [0.05, 0.1) is 33.0 Å². The molecule has 1 amide bonds. The summed E-state index contributed by atoms with van der Waals surface area (Å²) in [5.74, 6) is 0.599. The van der Waals surface area contributed by atoms with E-state index in [1.54, 1.807) is 14.2 Å². The smallest absolute Gasteiger partial charge is 0.416 e. The summed E-state index contributed by atoms with van der Waals surface area (Å²) in [7, 11) is 4.69. The monoisotopic (exact) mass is 551 g/mol. The molecular weight excluding hydrogens is 510 g/mol. The van der Waals surface area contributed by atoms with Gasteiger partial charge in [0, 0.05) is 25.9 Å². The molecule has 1 saturated heterocycles. The number of amidine groups is 1. The number of hydrogen-bond acceptors (Lipinski definition) is 10. The SMILES string of the molecule is COC(=O)CCCNC[C@H]1O[C@@H]2SC(N(C)C(=O)OC(C)(C)C)=N[C@@H]2[C@@H](OCc2ccc(OC)cc2)[C@@H]1C. The minimum absolute atomic E-state index is 0.0261. The van der Waals surface area contributed by atoms with Gasteiger partial charge in [0.2, 0.25) is 0 Å². The van der Waals surface area contributed by atoms with Crippen molar-refractivity contribution in [2.45, 2.75) is 76.4 Å². The van der Waals surface area contributed by atoms with Crippen LogP contribution in [0.4, 0.5) is 4.79 Å². The maximum absolute atomic E-state index is 12.7. The van der Waals surface area contributed by atoms with Gasteiger partial charge < -0.3 is 29.0 Å². The Hall–Kier alpha value is -2.34. The first-order chi connectivity index (χ1) is 18.0.